The van der Waals surface area contributed by atoms with Crippen molar-refractivity contribution in [1.29, 1.82) is 5.26 Å². The lowest BCUT2D eigenvalue weighted by atomic mass is 9.92. The Morgan fingerprint density at radius 3 is 2.64 bits per heavy atom. The molecule has 1 aromatic heterocycles. The molecule has 0 atom stereocenters. The van der Waals surface area contributed by atoms with Gasteiger partial charge in [-0.15, -0.1) is 0 Å². The molecular weight excluding hydrogens is 354 g/mol. The Morgan fingerprint density at radius 2 is 2.04 bits per heavy atom. The van der Waals surface area contributed by atoms with Crippen LogP contribution in [0.15, 0.2) is 36.5 Å². The van der Waals surface area contributed by atoms with Gasteiger partial charge in [0.1, 0.15) is 17.9 Å². The Hall–Kier alpha value is -3.07. The number of methoxy groups -OCH3 is 1. The summed E-state index contributed by atoms with van der Waals surface area (Å²) < 4.78 is 11.2. The van der Waals surface area contributed by atoms with Gasteiger partial charge >= 0.3 is 0 Å². The molecule has 28 heavy (non-hydrogen) atoms. The second-order valence-electron chi connectivity index (χ2n) is 7.14. The Kier molecular flexibility index (Phi) is 6.49. The highest BCUT2D eigenvalue weighted by Gasteiger charge is 2.24. The van der Waals surface area contributed by atoms with Gasteiger partial charge in [0.05, 0.1) is 19.1 Å². The Balaban J connectivity index is 1.44. The van der Waals surface area contributed by atoms with Crippen LogP contribution in [-0.4, -0.2) is 30.1 Å². The van der Waals surface area contributed by atoms with Crippen molar-refractivity contribution in [3.63, 3.8) is 0 Å². The quantitative estimate of drug-likeness (QED) is 0.832. The molecule has 0 saturated heterocycles. The number of aromatic nitrogens is 1. The molecule has 0 radical (unpaired) electrons. The molecule has 1 N–H and O–H groups in total. The highest BCUT2D eigenvalue weighted by Crippen LogP contribution is 2.23. The average molecular weight is 379 g/mol. The van der Waals surface area contributed by atoms with Crippen molar-refractivity contribution in [3.05, 3.63) is 53.2 Å². The van der Waals surface area contributed by atoms with Gasteiger partial charge in [-0.05, 0) is 55.9 Å². The summed E-state index contributed by atoms with van der Waals surface area (Å²) >= 11 is 0. The summed E-state index contributed by atoms with van der Waals surface area (Å²) in [7, 11) is 1.65. The third-order valence-electron chi connectivity index (χ3n) is 5.02. The van der Waals surface area contributed by atoms with Crippen LogP contribution in [0.4, 0.5) is 0 Å². The molecule has 1 aliphatic rings. The lowest BCUT2D eigenvalue weighted by molar-refractivity contribution is -0.121. The maximum Gasteiger partial charge on any atom is 0.224 e. The number of benzene rings is 1. The number of ether oxygens (including phenoxy) is 2. The van der Waals surface area contributed by atoms with E-state index >= 15 is 0 Å². The minimum Gasteiger partial charge on any atom is -0.496 e. The summed E-state index contributed by atoms with van der Waals surface area (Å²) in [5, 5.41) is 11.9. The smallest absolute Gasteiger partial charge is 0.224 e. The van der Waals surface area contributed by atoms with E-state index in [9.17, 15) is 4.79 Å². The van der Waals surface area contributed by atoms with Crippen LogP contribution in [0, 0.1) is 18.3 Å². The molecule has 1 saturated carbocycles. The summed E-state index contributed by atoms with van der Waals surface area (Å²) in [5.74, 6) is 1.42. The van der Waals surface area contributed by atoms with E-state index < -0.39 is 0 Å². The molecule has 0 aliphatic heterocycles. The van der Waals surface area contributed by atoms with Crippen LogP contribution >= 0.6 is 0 Å². The third kappa shape index (κ3) is 5.23. The van der Waals surface area contributed by atoms with Crippen molar-refractivity contribution < 1.29 is 14.3 Å². The molecular formula is C22H25N3O3. The van der Waals surface area contributed by atoms with Gasteiger partial charge < -0.3 is 14.8 Å². The number of pyridine rings is 1. The molecule has 3 rings (SSSR count). The van der Waals surface area contributed by atoms with Gasteiger partial charge in [0.2, 0.25) is 11.8 Å². The number of hydrogen-bond acceptors (Lipinski definition) is 5. The fourth-order valence-corrected chi connectivity index (χ4v) is 3.53. The van der Waals surface area contributed by atoms with Crippen molar-refractivity contribution in [2.75, 3.05) is 7.11 Å². The van der Waals surface area contributed by atoms with Gasteiger partial charge in [-0.25, -0.2) is 4.98 Å². The predicted molar refractivity (Wildman–Crippen MR) is 105 cm³/mol. The van der Waals surface area contributed by atoms with E-state index in [1.54, 1.807) is 19.2 Å². The first kappa shape index (κ1) is 19.7. The van der Waals surface area contributed by atoms with E-state index in [0.717, 1.165) is 42.6 Å². The molecule has 1 heterocycles. The number of carbonyl (C=O) groups is 1. The first-order chi connectivity index (χ1) is 13.6. The van der Waals surface area contributed by atoms with Crippen LogP contribution in [0.3, 0.4) is 0 Å². The number of hydrogen-bond donors (Lipinski definition) is 1. The molecule has 1 aliphatic carbocycles. The van der Waals surface area contributed by atoms with Crippen LogP contribution < -0.4 is 14.8 Å². The number of nitrogens with zero attached hydrogens (tertiary/aromatic N) is 2. The zero-order chi connectivity index (χ0) is 19.9. The number of carbonyl (C=O) groups excluding carboxylic acids is 1. The molecule has 6 heteroatoms. The Morgan fingerprint density at radius 1 is 1.25 bits per heavy atom. The Labute approximate surface area is 165 Å². The van der Waals surface area contributed by atoms with E-state index in [2.05, 4.69) is 10.3 Å². The molecule has 1 amide bonds. The highest BCUT2D eigenvalue weighted by atomic mass is 16.5. The second kappa shape index (κ2) is 9.23. The van der Waals surface area contributed by atoms with Gasteiger partial charge in [0.25, 0.3) is 0 Å². The van der Waals surface area contributed by atoms with Gasteiger partial charge in [-0.2, -0.15) is 5.26 Å². The van der Waals surface area contributed by atoms with Crippen LogP contribution in [0.1, 0.15) is 42.4 Å². The molecule has 0 spiro atoms. The highest BCUT2D eigenvalue weighted by molar-refractivity contribution is 5.79. The van der Waals surface area contributed by atoms with E-state index in [1.165, 1.54) is 6.20 Å². The maximum atomic E-state index is 12.4. The van der Waals surface area contributed by atoms with E-state index in [-0.39, 0.29) is 18.1 Å². The minimum atomic E-state index is 0.0442. The molecule has 0 bridgehead atoms. The number of aryl methyl sites for hydroxylation is 1. The summed E-state index contributed by atoms with van der Waals surface area (Å²) in [4.78, 5) is 16.5. The zero-order valence-electron chi connectivity index (χ0n) is 16.3. The van der Waals surface area contributed by atoms with Crippen molar-refractivity contribution in [2.24, 2.45) is 0 Å². The van der Waals surface area contributed by atoms with Gasteiger partial charge in [0.15, 0.2) is 0 Å². The molecule has 1 fully saturated rings. The van der Waals surface area contributed by atoms with Crippen LogP contribution in [0.25, 0.3) is 0 Å². The number of nitrogens with one attached hydrogen (secondary N) is 1. The van der Waals surface area contributed by atoms with E-state index in [0.29, 0.717) is 17.9 Å². The third-order valence-corrected chi connectivity index (χ3v) is 5.02. The van der Waals surface area contributed by atoms with Gasteiger partial charge in [0, 0.05) is 18.3 Å². The van der Waals surface area contributed by atoms with Crippen molar-refractivity contribution >= 4 is 5.91 Å². The fourth-order valence-electron chi connectivity index (χ4n) is 3.53. The molecule has 2 aromatic rings. The normalized spacial score (nSPS) is 18.8. The minimum absolute atomic E-state index is 0.0442. The number of rotatable bonds is 6. The lowest BCUT2D eigenvalue weighted by Gasteiger charge is -2.29. The first-order valence-electron chi connectivity index (χ1n) is 9.53. The van der Waals surface area contributed by atoms with Gasteiger partial charge in [-0.3, -0.25) is 4.79 Å². The molecule has 1 aromatic carbocycles. The van der Waals surface area contributed by atoms with Crippen LogP contribution in [-0.2, 0) is 11.2 Å². The van der Waals surface area contributed by atoms with Crippen molar-refractivity contribution in [3.8, 4) is 17.7 Å². The molecule has 6 nitrogen and oxygen atoms in total. The van der Waals surface area contributed by atoms with Crippen LogP contribution in [0.2, 0.25) is 0 Å². The Bertz CT molecular complexity index is 850. The summed E-state index contributed by atoms with van der Waals surface area (Å²) in [5.41, 5.74) is 2.53. The topological polar surface area (TPSA) is 84.2 Å². The molecule has 146 valence electrons. The van der Waals surface area contributed by atoms with Crippen molar-refractivity contribution in [1.82, 2.24) is 10.3 Å². The fraction of sp³-hybridized carbons (Fsp3) is 0.409. The largest absolute Gasteiger partial charge is 0.496 e. The predicted octanol–water partition coefficient (Wildman–Crippen LogP) is 3.32. The number of nitriles is 1. The standard InChI is InChI=1S/C22H25N3O3/c1-15-11-16(3-9-20(15)27-2)12-21(26)25-18-5-7-19(8-6-18)28-22-10-4-17(13-23)14-24-22/h3-4,9-11,14,18-19H,5-8,12H2,1-2H3,(H,25,26). The average Bonchev–Trinajstić information content (AvgIpc) is 2.70. The first-order valence-corrected chi connectivity index (χ1v) is 9.53. The zero-order valence-corrected chi connectivity index (χ0v) is 16.3. The SMILES string of the molecule is COc1ccc(CC(=O)NC2CCC(Oc3ccc(C#N)cn3)CC2)cc1C. The number of amides is 1. The molecule has 0 unspecified atom stereocenters. The van der Waals surface area contributed by atoms with E-state index in [4.69, 9.17) is 14.7 Å². The summed E-state index contributed by atoms with van der Waals surface area (Å²) in [6.07, 6.45) is 5.49. The lowest BCUT2D eigenvalue weighted by Crippen LogP contribution is -2.40. The maximum absolute atomic E-state index is 12.4. The van der Waals surface area contributed by atoms with Crippen molar-refractivity contribution in [2.45, 2.75) is 51.2 Å². The summed E-state index contributed by atoms with van der Waals surface area (Å²) in [6.45, 7) is 1.98. The second-order valence-corrected chi connectivity index (χ2v) is 7.14. The van der Waals surface area contributed by atoms with Gasteiger partial charge in [-0.1, -0.05) is 12.1 Å². The van der Waals surface area contributed by atoms with Crippen LogP contribution in [0.5, 0.6) is 11.6 Å². The van der Waals surface area contributed by atoms with E-state index in [1.807, 2.05) is 31.2 Å². The monoisotopic (exact) mass is 379 g/mol. The summed E-state index contributed by atoms with van der Waals surface area (Å²) in [6, 6.07) is 11.5.